The summed E-state index contributed by atoms with van der Waals surface area (Å²) in [5, 5.41) is 7.22. The summed E-state index contributed by atoms with van der Waals surface area (Å²) in [6.07, 6.45) is 1.38. The molecule has 0 radical (unpaired) electrons. The molecule has 10 heteroatoms. The maximum absolute atomic E-state index is 12.6. The standard InChI is InChI=1S/C24H18Br2N4O4/c1-14-6-2-4-8-19(14)28-21(31)13-34-22-17(25)10-15(11-18(22)26)12-27-30-23(32)16-7-3-5-9-20(16)29-24(30)33/h2-12H,13H2,1H3,(H,28,31)(H,29,33). The van der Waals surface area contributed by atoms with Gasteiger partial charge in [0.25, 0.3) is 11.5 Å². The van der Waals surface area contributed by atoms with Crippen LogP contribution in [-0.2, 0) is 4.79 Å². The number of carbonyl (C=O) groups excluding carboxylic acids is 1. The zero-order valence-corrected chi connectivity index (χ0v) is 21.0. The second kappa shape index (κ2) is 10.2. The van der Waals surface area contributed by atoms with E-state index < -0.39 is 11.2 Å². The number of hydrogen-bond acceptors (Lipinski definition) is 5. The van der Waals surface area contributed by atoms with E-state index >= 15 is 0 Å². The second-order valence-electron chi connectivity index (χ2n) is 7.30. The van der Waals surface area contributed by atoms with Crippen LogP contribution in [-0.4, -0.2) is 28.4 Å². The first-order chi connectivity index (χ1) is 16.3. The molecule has 0 fully saturated rings. The van der Waals surface area contributed by atoms with E-state index in [1.807, 2.05) is 31.2 Å². The van der Waals surface area contributed by atoms with E-state index in [0.29, 0.717) is 31.2 Å². The van der Waals surface area contributed by atoms with Gasteiger partial charge in [-0.1, -0.05) is 30.3 Å². The van der Waals surface area contributed by atoms with Gasteiger partial charge >= 0.3 is 5.69 Å². The fraction of sp³-hybridized carbons (Fsp3) is 0.0833. The van der Waals surface area contributed by atoms with E-state index in [1.54, 1.807) is 36.4 Å². The first kappa shape index (κ1) is 23.7. The molecule has 0 spiro atoms. The van der Waals surface area contributed by atoms with E-state index in [1.165, 1.54) is 6.21 Å². The number of benzene rings is 3. The van der Waals surface area contributed by atoms with Crippen molar-refractivity contribution < 1.29 is 9.53 Å². The maximum Gasteiger partial charge on any atom is 0.349 e. The molecule has 0 aliphatic carbocycles. The number of carbonyl (C=O) groups is 1. The Balaban J connectivity index is 1.51. The largest absolute Gasteiger partial charge is 0.481 e. The van der Waals surface area contributed by atoms with E-state index in [9.17, 15) is 14.4 Å². The van der Waals surface area contributed by atoms with Gasteiger partial charge in [0.2, 0.25) is 0 Å². The molecule has 0 atom stereocenters. The molecule has 1 heterocycles. The average Bonchev–Trinajstić information content (AvgIpc) is 2.80. The third-order valence-electron chi connectivity index (χ3n) is 4.89. The predicted octanol–water partition coefficient (Wildman–Crippen LogP) is 4.42. The monoisotopic (exact) mass is 584 g/mol. The lowest BCUT2D eigenvalue weighted by molar-refractivity contribution is -0.118. The molecule has 0 bridgehead atoms. The zero-order chi connectivity index (χ0) is 24.2. The van der Waals surface area contributed by atoms with Gasteiger partial charge in [-0.3, -0.25) is 9.59 Å². The number of halogens is 2. The molecule has 172 valence electrons. The number of hydrogen-bond donors (Lipinski definition) is 2. The lowest BCUT2D eigenvalue weighted by Gasteiger charge is -2.12. The van der Waals surface area contributed by atoms with Crippen LogP contribution in [0.1, 0.15) is 11.1 Å². The van der Waals surface area contributed by atoms with Crippen molar-refractivity contribution in [2.45, 2.75) is 6.92 Å². The molecule has 3 aromatic carbocycles. The van der Waals surface area contributed by atoms with Crippen molar-refractivity contribution in [3.63, 3.8) is 0 Å². The van der Waals surface area contributed by atoms with Gasteiger partial charge in [0.1, 0.15) is 5.75 Å². The van der Waals surface area contributed by atoms with Gasteiger partial charge in [0.05, 0.1) is 26.1 Å². The Morgan fingerprint density at radius 1 is 1.09 bits per heavy atom. The highest BCUT2D eigenvalue weighted by atomic mass is 79.9. The van der Waals surface area contributed by atoms with Gasteiger partial charge in [0, 0.05) is 5.69 Å². The SMILES string of the molecule is Cc1ccccc1NC(=O)COc1c(Br)cc(C=Nn2c(=O)[nH]c3ccccc3c2=O)cc1Br. The van der Waals surface area contributed by atoms with E-state index in [0.717, 1.165) is 15.9 Å². The number of H-pyrrole nitrogens is 1. The Morgan fingerprint density at radius 3 is 2.50 bits per heavy atom. The van der Waals surface area contributed by atoms with Crippen molar-refractivity contribution in [1.82, 2.24) is 9.66 Å². The maximum atomic E-state index is 12.6. The van der Waals surface area contributed by atoms with Crippen LogP contribution in [0.15, 0.2) is 84.3 Å². The quantitative estimate of drug-likeness (QED) is 0.327. The van der Waals surface area contributed by atoms with Crippen molar-refractivity contribution in [2.75, 3.05) is 11.9 Å². The number of para-hydroxylation sites is 2. The van der Waals surface area contributed by atoms with Gasteiger partial charge in [-0.15, -0.1) is 4.68 Å². The molecule has 0 saturated carbocycles. The predicted molar refractivity (Wildman–Crippen MR) is 139 cm³/mol. The fourth-order valence-electron chi connectivity index (χ4n) is 3.21. The summed E-state index contributed by atoms with van der Waals surface area (Å²) >= 11 is 6.86. The topological polar surface area (TPSA) is 106 Å². The molecule has 4 rings (SSSR count). The molecular weight excluding hydrogens is 568 g/mol. The van der Waals surface area contributed by atoms with Gasteiger partial charge in [0.15, 0.2) is 6.61 Å². The van der Waals surface area contributed by atoms with Crippen LogP contribution >= 0.6 is 31.9 Å². The third-order valence-corrected chi connectivity index (χ3v) is 6.07. The van der Waals surface area contributed by atoms with Crippen molar-refractivity contribution in [1.29, 1.82) is 0 Å². The Kier molecular flexibility index (Phi) is 7.09. The number of ether oxygens (including phenoxy) is 1. The molecule has 34 heavy (non-hydrogen) atoms. The molecular formula is C24H18Br2N4O4. The van der Waals surface area contributed by atoms with Crippen molar-refractivity contribution in [3.8, 4) is 5.75 Å². The lowest BCUT2D eigenvalue weighted by atomic mass is 10.2. The number of nitrogens with one attached hydrogen (secondary N) is 2. The summed E-state index contributed by atoms with van der Waals surface area (Å²) in [6.45, 7) is 1.71. The second-order valence-corrected chi connectivity index (χ2v) is 9.01. The smallest absolute Gasteiger partial charge is 0.349 e. The number of aromatic amines is 1. The average molecular weight is 586 g/mol. The Morgan fingerprint density at radius 2 is 1.76 bits per heavy atom. The van der Waals surface area contributed by atoms with Crippen LogP contribution in [0.25, 0.3) is 10.9 Å². The minimum Gasteiger partial charge on any atom is -0.481 e. The summed E-state index contributed by atoms with van der Waals surface area (Å²) in [5.41, 5.74) is 1.55. The fourth-order valence-corrected chi connectivity index (χ4v) is 4.66. The minimum atomic E-state index is -0.641. The van der Waals surface area contributed by atoms with Crippen molar-refractivity contribution in [2.24, 2.45) is 5.10 Å². The summed E-state index contributed by atoms with van der Waals surface area (Å²) in [6, 6.07) is 17.6. The van der Waals surface area contributed by atoms with Crippen LogP contribution in [0, 0.1) is 6.92 Å². The number of aryl methyl sites for hydroxylation is 1. The molecule has 2 N–H and O–H groups in total. The van der Waals surface area contributed by atoms with Crippen LogP contribution < -0.4 is 21.3 Å². The highest BCUT2D eigenvalue weighted by molar-refractivity contribution is 9.11. The highest BCUT2D eigenvalue weighted by Gasteiger charge is 2.12. The Bertz CT molecular complexity index is 1520. The number of amides is 1. The molecule has 8 nitrogen and oxygen atoms in total. The number of nitrogens with zero attached hydrogens (tertiary/aromatic N) is 2. The van der Waals surface area contributed by atoms with E-state index in [4.69, 9.17) is 4.74 Å². The van der Waals surface area contributed by atoms with Crippen molar-refractivity contribution >= 4 is 60.6 Å². The van der Waals surface area contributed by atoms with Gasteiger partial charge in [-0.25, -0.2) is 4.79 Å². The Hall–Kier alpha value is -3.50. The van der Waals surface area contributed by atoms with Gasteiger partial charge < -0.3 is 15.0 Å². The van der Waals surface area contributed by atoms with Crippen LogP contribution in [0.4, 0.5) is 5.69 Å². The van der Waals surface area contributed by atoms with Crippen LogP contribution in [0.3, 0.4) is 0 Å². The third kappa shape index (κ3) is 5.18. The van der Waals surface area contributed by atoms with Gasteiger partial charge in [-0.2, -0.15) is 5.10 Å². The normalized spacial score (nSPS) is 11.1. The Labute approximate surface area is 210 Å². The summed E-state index contributed by atoms with van der Waals surface area (Å²) in [4.78, 5) is 39.8. The molecule has 4 aromatic rings. The molecule has 0 aliphatic rings. The van der Waals surface area contributed by atoms with E-state index in [2.05, 4.69) is 47.3 Å². The summed E-state index contributed by atoms with van der Waals surface area (Å²) in [5.74, 6) is 0.131. The summed E-state index contributed by atoms with van der Waals surface area (Å²) in [7, 11) is 0. The van der Waals surface area contributed by atoms with Gasteiger partial charge in [-0.05, 0) is 80.2 Å². The molecule has 1 aromatic heterocycles. The van der Waals surface area contributed by atoms with Crippen molar-refractivity contribution in [3.05, 3.63) is 102 Å². The first-order valence-corrected chi connectivity index (χ1v) is 11.7. The van der Waals surface area contributed by atoms with Crippen LogP contribution in [0.5, 0.6) is 5.75 Å². The molecule has 0 aliphatic heterocycles. The lowest BCUT2D eigenvalue weighted by Crippen LogP contribution is -2.32. The highest BCUT2D eigenvalue weighted by Crippen LogP contribution is 2.34. The molecule has 1 amide bonds. The number of rotatable bonds is 6. The molecule has 0 unspecified atom stereocenters. The van der Waals surface area contributed by atoms with E-state index in [-0.39, 0.29) is 12.5 Å². The zero-order valence-electron chi connectivity index (χ0n) is 17.8. The number of anilines is 1. The number of fused-ring (bicyclic) bond motifs is 1. The minimum absolute atomic E-state index is 0.194. The number of aromatic nitrogens is 2. The molecule has 0 saturated heterocycles. The van der Waals surface area contributed by atoms with Crippen LogP contribution in [0.2, 0.25) is 0 Å². The summed E-state index contributed by atoms with van der Waals surface area (Å²) < 4.78 is 7.58. The first-order valence-electron chi connectivity index (χ1n) is 10.1.